The van der Waals surface area contributed by atoms with E-state index in [2.05, 4.69) is 42.5 Å². The summed E-state index contributed by atoms with van der Waals surface area (Å²) in [5, 5.41) is 2.87. The van der Waals surface area contributed by atoms with Crippen LogP contribution in [0, 0.1) is 0 Å². The molecular weight excluding hydrogens is 272 g/mol. The third kappa shape index (κ3) is 5.74. The highest BCUT2D eigenvalue weighted by molar-refractivity contribution is 7.97. The molecule has 2 aromatic carbocycles. The first kappa shape index (κ1) is 20.1. The van der Waals surface area contributed by atoms with Gasteiger partial charge in [0.25, 0.3) is 0 Å². The molecule has 3 rings (SSSR count). The largest absolute Gasteiger partial charge is 0.162 e. The van der Waals surface area contributed by atoms with E-state index in [1.165, 1.54) is 35.1 Å². The van der Waals surface area contributed by atoms with Gasteiger partial charge in [-0.15, -0.1) is 0 Å². The molecule has 0 radical (unpaired) electrons. The normalized spacial score (nSPS) is 13.2. The van der Waals surface area contributed by atoms with Crippen LogP contribution >= 0.6 is 0 Å². The van der Waals surface area contributed by atoms with Crippen molar-refractivity contribution in [2.75, 3.05) is 11.5 Å². The van der Waals surface area contributed by atoms with Crippen molar-refractivity contribution >= 4 is 21.7 Å². The summed E-state index contributed by atoms with van der Waals surface area (Å²) in [7, 11) is 0.535. The molecule has 0 aromatic heterocycles. The van der Waals surface area contributed by atoms with E-state index in [4.69, 9.17) is 0 Å². The zero-order chi connectivity index (χ0) is 16.1. The maximum atomic E-state index is 2.33. The first-order valence-electron chi connectivity index (χ1n) is 8.60. The Labute approximate surface area is 135 Å². The van der Waals surface area contributed by atoms with Crippen molar-refractivity contribution in [2.24, 2.45) is 0 Å². The fourth-order valence-corrected chi connectivity index (χ4v) is 4.84. The van der Waals surface area contributed by atoms with Gasteiger partial charge in [-0.1, -0.05) is 71.9 Å². The molecule has 0 atom stereocenters. The van der Waals surface area contributed by atoms with Crippen LogP contribution in [0.3, 0.4) is 0 Å². The molecule has 0 amide bonds. The standard InChI is InChI=1S/C14H15S.3C2H6/c1-2-8-13-12(6-1)7-5-9-14(13)15-10-3-4-11-15;3*1-2/h1-2,5-9H,3-4,10-11H2;3*1-2H3/q+1;;;. The SMILES string of the molecule is CC.CC.CC.c1ccc2c([S+]3CCCC3)cccc2c1. The van der Waals surface area contributed by atoms with Gasteiger partial charge in [-0.25, -0.2) is 0 Å². The summed E-state index contributed by atoms with van der Waals surface area (Å²) in [6.07, 6.45) is 2.85. The molecule has 1 aliphatic heterocycles. The minimum Gasteiger partial charge on any atom is -0.0683 e. The maximum Gasteiger partial charge on any atom is 0.162 e. The van der Waals surface area contributed by atoms with Gasteiger partial charge in [0.15, 0.2) is 4.90 Å². The summed E-state index contributed by atoms with van der Waals surface area (Å²) >= 11 is 0. The Balaban J connectivity index is 0.000000598. The van der Waals surface area contributed by atoms with E-state index in [0.29, 0.717) is 10.9 Å². The predicted molar refractivity (Wildman–Crippen MR) is 103 cm³/mol. The quantitative estimate of drug-likeness (QED) is 0.515. The molecule has 1 heterocycles. The Bertz CT molecular complexity index is 465. The lowest BCUT2D eigenvalue weighted by molar-refractivity contribution is 0.949. The maximum absolute atomic E-state index is 2.33. The molecular formula is C20H33S+. The van der Waals surface area contributed by atoms with Gasteiger partial charge in [-0.2, -0.15) is 0 Å². The smallest absolute Gasteiger partial charge is 0.0683 e. The van der Waals surface area contributed by atoms with Gasteiger partial charge in [0, 0.05) is 16.3 Å². The Kier molecular flexibility index (Phi) is 12.2. The summed E-state index contributed by atoms with van der Waals surface area (Å²) < 4.78 is 0. The van der Waals surface area contributed by atoms with Crippen LogP contribution in [-0.2, 0) is 10.9 Å². The second-order valence-corrected chi connectivity index (χ2v) is 6.33. The first-order valence-corrected chi connectivity index (χ1v) is 10.2. The fourth-order valence-electron chi connectivity index (χ4n) is 2.32. The third-order valence-electron chi connectivity index (χ3n) is 3.09. The van der Waals surface area contributed by atoms with Gasteiger partial charge in [-0.3, -0.25) is 0 Å². The topological polar surface area (TPSA) is 0 Å². The van der Waals surface area contributed by atoms with Crippen molar-refractivity contribution < 1.29 is 0 Å². The molecule has 1 heteroatoms. The number of fused-ring (bicyclic) bond motifs is 1. The zero-order valence-corrected chi connectivity index (χ0v) is 15.6. The lowest BCUT2D eigenvalue weighted by Gasteiger charge is -2.04. The van der Waals surface area contributed by atoms with E-state index >= 15 is 0 Å². The Hall–Kier alpha value is -0.950. The first-order chi connectivity index (χ1) is 10.4. The van der Waals surface area contributed by atoms with Gasteiger partial charge in [0.1, 0.15) is 11.5 Å². The summed E-state index contributed by atoms with van der Waals surface area (Å²) in [4.78, 5) is 1.60. The van der Waals surface area contributed by atoms with E-state index in [1.807, 2.05) is 41.5 Å². The lowest BCUT2D eigenvalue weighted by Crippen LogP contribution is -2.04. The molecule has 1 saturated heterocycles. The second kappa shape index (κ2) is 12.8. The predicted octanol–water partition coefficient (Wildman–Crippen LogP) is 6.69. The fraction of sp³-hybridized carbons (Fsp3) is 0.500. The van der Waals surface area contributed by atoms with Gasteiger partial charge in [0.2, 0.25) is 0 Å². The average molecular weight is 306 g/mol. The van der Waals surface area contributed by atoms with Crippen LogP contribution in [0.1, 0.15) is 54.4 Å². The summed E-state index contributed by atoms with van der Waals surface area (Å²) in [6.45, 7) is 12.0. The molecule has 21 heavy (non-hydrogen) atoms. The van der Waals surface area contributed by atoms with Crippen molar-refractivity contribution in [3.05, 3.63) is 42.5 Å². The molecule has 0 bridgehead atoms. The second-order valence-electron chi connectivity index (χ2n) is 4.09. The molecule has 2 aromatic rings. The van der Waals surface area contributed by atoms with E-state index < -0.39 is 0 Å². The van der Waals surface area contributed by atoms with Crippen molar-refractivity contribution in [1.82, 2.24) is 0 Å². The molecule has 1 aliphatic rings. The third-order valence-corrected chi connectivity index (χ3v) is 5.63. The Morgan fingerprint density at radius 1 is 0.667 bits per heavy atom. The summed E-state index contributed by atoms with van der Waals surface area (Å²) in [6, 6.07) is 15.5. The highest BCUT2D eigenvalue weighted by Crippen LogP contribution is 2.29. The highest BCUT2D eigenvalue weighted by atomic mass is 32.2. The molecule has 0 spiro atoms. The minimum atomic E-state index is 0.535. The number of hydrogen-bond acceptors (Lipinski definition) is 0. The van der Waals surface area contributed by atoms with Crippen LogP contribution in [-0.4, -0.2) is 11.5 Å². The average Bonchev–Trinajstić information content (AvgIpc) is 3.14. The van der Waals surface area contributed by atoms with E-state index in [9.17, 15) is 0 Å². The van der Waals surface area contributed by atoms with E-state index in [-0.39, 0.29) is 0 Å². The van der Waals surface area contributed by atoms with Crippen LogP contribution in [0.25, 0.3) is 10.8 Å². The number of benzene rings is 2. The molecule has 0 nitrogen and oxygen atoms in total. The Morgan fingerprint density at radius 2 is 1.19 bits per heavy atom. The van der Waals surface area contributed by atoms with Gasteiger partial charge < -0.3 is 0 Å². The number of rotatable bonds is 1. The van der Waals surface area contributed by atoms with Crippen LogP contribution in [0.15, 0.2) is 47.4 Å². The Morgan fingerprint density at radius 3 is 1.81 bits per heavy atom. The molecule has 0 aliphatic carbocycles. The van der Waals surface area contributed by atoms with Gasteiger partial charge >= 0.3 is 0 Å². The van der Waals surface area contributed by atoms with E-state index in [1.54, 1.807) is 4.90 Å². The van der Waals surface area contributed by atoms with Crippen molar-refractivity contribution in [3.63, 3.8) is 0 Å². The van der Waals surface area contributed by atoms with Crippen molar-refractivity contribution in [3.8, 4) is 0 Å². The summed E-state index contributed by atoms with van der Waals surface area (Å²) in [5.41, 5.74) is 0. The lowest BCUT2D eigenvalue weighted by atomic mass is 10.1. The molecule has 0 saturated carbocycles. The van der Waals surface area contributed by atoms with E-state index in [0.717, 1.165) is 0 Å². The van der Waals surface area contributed by atoms with Crippen molar-refractivity contribution in [2.45, 2.75) is 59.3 Å². The van der Waals surface area contributed by atoms with Crippen LogP contribution in [0.5, 0.6) is 0 Å². The monoisotopic (exact) mass is 305 g/mol. The van der Waals surface area contributed by atoms with Gasteiger partial charge in [-0.05, 0) is 30.4 Å². The van der Waals surface area contributed by atoms with Crippen LogP contribution in [0.2, 0.25) is 0 Å². The molecule has 0 unspecified atom stereocenters. The minimum absolute atomic E-state index is 0.535. The molecule has 0 N–H and O–H groups in total. The van der Waals surface area contributed by atoms with Crippen molar-refractivity contribution in [1.29, 1.82) is 0 Å². The van der Waals surface area contributed by atoms with Crippen LogP contribution < -0.4 is 0 Å². The zero-order valence-electron chi connectivity index (χ0n) is 14.8. The molecule has 118 valence electrons. The van der Waals surface area contributed by atoms with Crippen LogP contribution in [0.4, 0.5) is 0 Å². The highest BCUT2D eigenvalue weighted by Gasteiger charge is 2.28. The number of hydrogen-bond donors (Lipinski definition) is 0. The molecule has 1 fully saturated rings. The van der Waals surface area contributed by atoms with Gasteiger partial charge in [0.05, 0.1) is 0 Å². The summed E-state index contributed by atoms with van der Waals surface area (Å²) in [5.74, 6) is 2.82.